The van der Waals surface area contributed by atoms with E-state index in [1.54, 1.807) is 32.3 Å². The Morgan fingerprint density at radius 3 is 2.21 bits per heavy atom. The molecule has 5 heteroatoms. The van der Waals surface area contributed by atoms with Gasteiger partial charge in [-0.15, -0.1) is 0 Å². The van der Waals surface area contributed by atoms with Gasteiger partial charge in [-0.2, -0.15) is 0 Å². The van der Waals surface area contributed by atoms with Gasteiger partial charge in [0.25, 0.3) is 0 Å². The van der Waals surface area contributed by atoms with Crippen LogP contribution in [0.4, 0.5) is 10.5 Å². The number of hydrogen-bond acceptors (Lipinski definition) is 1. The van der Waals surface area contributed by atoms with Gasteiger partial charge in [0.15, 0.2) is 0 Å². The zero-order valence-electron chi connectivity index (χ0n) is 7.84. The number of anilines is 1. The van der Waals surface area contributed by atoms with Crippen molar-refractivity contribution in [1.82, 2.24) is 4.90 Å². The maximum absolute atomic E-state index is 11.3. The highest BCUT2D eigenvalue weighted by molar-refractivity contribution is 6.39. The second-order valence-corrected chi connectivity index (χ2v) is 3.74. The molecule has 1 rings (SSSR count). The second kappa shape index (κ2) is 4.53. The molecule has 0 aliphatic heterocycles. The Bertz CT molecular complexity index is 332. The maximum atomic E-state index is 11.3. The fourth-order valence-corrected chi connectivity index (χ4v) is 1.33. The lowest BCUT2D eigenvalue weighted by Gasteiger charge is -2.13. The molecule has 1 N–H and O–H groups in total. The second-order valence-electron chi connectivity index (χ2n) is 2.92. The van der Waals surface area contributed by atoms with E-state index in [1.165, 1.54) is 4.90 Å². The van der Waals surface area contributed by atoms with E-state index in [9.17, 15) is 4.79 Å². The molecule has 0 atom stereocenters. The number of hydrogen-bond donors (Lipinski definition) is 1. The minimum Gasteiger partial charge on any atom is -0.331 e. The number of para-hydroxylation sites is 1. The smallest absolute Gasteiger partial charge is 0.321 e. The molecule has 2 amide bonds. The minimum atomic E-state index is -0.264. The molecule has 0 aliphatic carbocycles. The van der Waals surface area contributed by atoms with E-state index >= 15 is 0 Å². The van der Waals surface area contributed by atoms with Crippen LogP contribution >= 0.6 is 23.2 Å². The van der Waals surface area contributed by atoms with Crippen LogP contribution in [0.25, 0.3) is 0 Å². The number of benzene rings is 1. The van der Waals surface area contributed by atoms with Crippen LogP contribution in [-0.4, -0.2) is 25.0 Å². The van der Waals surface area contributed by atoms with Crippen molar-refractivity contribution in [3.63, 3.8) is 0 Å². The molecule has 0 unspecified atom stereocenters. The number of carbonyl (C=O) groups excluding carboxylic acids is 1. The summed E-state index contributed by atoms with van der Waals surface area (Å²) >= 11 is 11.7. The third kappa shape index (κ3) is 2.53. The summed E-state index contributed by atoms with van der Waals surface area (Å²) in [6, 6.07) is 4.79. The third-order valence-corrected chi connectivity index (χ3v) is 2.23. The fourth-order valence-electron chi connectivity index (χ4n) is 0.836. The molecule has 0 radical (unpaired) electrons. The zero-order valence-corrected chi connectivity index (χ0v) is 9.36. The average molecular weight is 233 g/mol. The molecule has 1 aromatic carbocycles. The summed E-state index contributed by atoms with van der Waals surface area (Å²) < 4.78 is 0. The predicted octanol–water partition coefficient (Wildman–Crippen LogP) is 3.09. The van der Waals surface area contributed by atoms with Gasteiger partial charge in [0, 0.05) is 14.1 Å². The summed E-state index contributed by atoms with van der Waals surface area (Å²) in [5.41, 5.74) is 0.439. The van der Waals surface area contributed by atoms with Gasteiger partial charge < -0.3 is 10.2 Å². The van der Waals surface area contributed by atoms with Crippen LogP contribution in [0.1, 0.15) is 0 Å². The summed E-state index contributed by atoms with van der Waals surface area (Å²) in [7, 11) is 3.28. The Morgan fingerprint density at radius 1 is 1.29 bits per heavy atom. The van der Waals surface area contributed by atoms with E-state index in [2.05, 4.69) is 5.32 Å². The largest absolute Gasteiger partial charge is 0.331 e. The first-order chi connectivity index (χ1) is 6.52. The first-order valence-electron chi connectivity index (χ1n) is 3.94. The number of halogens is 2. The molecule has 0 fully saturated rings. The minimum absolute atomic E-state index is 0.264. The van der Waals surface area contributed by atoms with Crippen LogP contribution in [-0.2, 0) is 0 Å². The molecule has 0 heterocycles. The van der Waals surface area contributed by atoms with Crippen molar-refractivity contribution in [1.29, 1.82) is 0 Å². The SMILES string of the molecule is CN(C)C(=O)Nc1c(Cl)cccc1Cl. The van der Waals surface area contributed by atoms with Crippen molar-refractivity contribution in [3.05, 3.63) is 28.2 Å². The van der Waals surface area contributed by atoms with Crippen LogP contribution in [0.2, 0.25) is 10.0 Å². The lowest BCUT2D eigenvalue weighted by molar-refractivity contribution is 0.230. The molecule has 0 bridgehead atoms. The average Bonchev–Trinajstić information content (AvgIpc) is 2.11. The van der Waals surface area contributed by atoms with Crippen LogP contribution < -0.4 is 5.32 Å². The van der Waals surface area contributed by atoms with E-state index in [1.807, 2.05) is 0 Å². The lowest BCUT2D eigenvalue weighted by Crippen LogP contribution is -2.27. The van der Waals surface area contributed by atoms with E-state index in [-0.39, 0.29) is 6.03 Å². The molecule has 0 spiro atoms. The molecule has 76 valence electrons. The van der Waals surface area contributed by atoms with Gasteiger partial charge in [0.2, 0.25) is 0 Å². The molecule has 0 aliphatic rings. The van der Waals surface area contributed by atoms with E-state index in [0.717, 1.165) is 0 Å². The standard InChI is InChI=1S/C9H10Cl2N2O/c1-13(2)9(14)12-8-6(10)4-3-5-7(8)11/h3-5H,1-2H3,(H,12,14). The summed E-state index contributed by atoms with van der Waals surface area (Å²) in [5, 5.41) is 3.45. The van der Waals surface area contributed by atoms with Crippen molar-refractivity contribution in [2.75, 3.05) is 19.4 Å². The summed E-state index contributed by atoms with van der Waals surface area (Å²) in [4.78, 5) is 12.7. The number of amides is 2. The number of carbonyl (C=O) groups is 1. The van der Waals surface area contributed by atoms with Gasteiger partial charge >= 0.3 is 6.03 Å². The van der Waals surface area contributed by atoms with Gasteiger partial charge in [0.05, 0.1) is 15.7 Å². The van der Waals surface area contributed by atoms with Crippen molar-refractivity contribution in [3.8, 4) is 0 Å². The van der Waals surface area contributed by atoms with Gasteiger partial charge in [-0.3, -0.25) is 0 Å². The van der Waals surface area contributed by atoms with Crippen molar-refractivity contribution < 1.29 is 4.79 Å². The number of nitrogens with one attached hydrogen (secondary N) is 1. The fraction of sp³-hybridized carbons (Fsp3) is 0.222. The molecule has 0 aromatic heterocycles. The van der Waals surface area contributed by atoms with Crippen LogP contribution in [0.5, 0.6) is 0 Å². The quantitative estimate of drug-likeness (QED) is 0.794. The first kappa shape index (κ1) is 11.1. The Balaban J connectivity index is 2.91. The van der Waals surface area contributed by atoms with E-state index in [4.69, 9.17) is 23.2 Å². The van der Waals surface area contributed by atoms with Gasteiger partial charge in [-0.1, -0.05) is 29.3 Å². The summed E-state index contributed by atoms with van der Waals surface area (Å²) in [5.74, 6) is 0. The Kier molecular flexibility index (Phi) is 3.61. The Hall–Kier alpha value is -0.930. The predicted molar refractivity (Wildman–Crippen MR) is 59.2 cm³/mol. The molecule has 14 heavy (non-hydrogen) atoms. The highest BCUT2D eigenvalue weighted by atomic mass is 35.5. The summed E-state index contributed by atoms with van der Waals surface area (Å²) in [6.45, 7) is 0. The Morgan fingerprint density at radius 2 is 1.79 bits per heavy atom. The molecular formula is C9H10Cl2N2O. The topological polar surface area (TPSA) is 32.3 Å². The number of urea groups is 1. The third-order valence-electron chi connectivity index (χ3n) is 1.60. The lowest BCUT2D eigenvalue weighted by atomic mass is 10.3. The normalized spacial score (nSPS) is 9.71. The molecule has 1 aromatic rings. The maximum Gasteiger partial charge on any atom is 0.321 e. The van der Waals surface area contributed by atoms with Crippen molar-refractivity contribution in [2.24, 2.45) is 0 Å². The van der Waals surface area contributed by atoms with Crippen LogP contribution in [0.3, 0.4) is 0 Å². The molecular weight excluding hydrogens is 223 g/mol. The molecule has 0 saturated carbocycles. The van der Waals surface area contributed by atoms with Gasteiger partial charge in [-0.05, 0) is 12.1 Å². The summed E-state index contributed by atoms with van der Waals surface area (Å²) in [6.07, 6.45) is 0. The number of rotatable bonds is 1. The monoisotopic (exact) mass is 232 g/mol. The van der Waals surface area contributed by atoms with E-state index < -0.39 is 0 Å². The van der Waals surface area contributed by atoms with Crippen LogP contribution in [0.15, 0.2) is 18.2 Å². The van der Waals surface area contributed by atoms with Crippen molar-refractivity contribution in [2.45, 2.75) is 0 Å². The first-order valence-corrected chi connectivity index (χ1v) is 4.70. The zero-order chi connectivity index (χ0) is 10.7. The molecule has 3 nitrogen and oxygen atoms in total. The van der Waals surface area contributed by atoms with E-state index in [0.29, 0.717) is 15.7 Å². The Labute approximate surface area is 92.6 Å². The van der Waals surface area contributed by atoms with Gasteiger partial charge in [0.1, 0.15) is 0 Å². The number of nitrogens with zero attached hydrogens (tertiary/aromatic N) is 1. The van der Waals surface area contributed by atoms with Crippen molar-refractivity contribution >= 4 is 34.9 Å². The molecule has 0 saturated heterocycles. The highest BCUT2D eigenvalue weighted by Crippen LogP contribution is 2.29. The van der Waals surface area contributed by atoms with Crippen LogP contribution in [0, 0.1) is 0 Å². The van der Waals surface area contributed by atoms with Gasteiger partial charge in [-0.25, -0.2) is 4.79 Å². The highest BCUT2D eigenvalue weighted by Gasteiger charge is 2.09.